The van der Waals surface area contributed by atoms with E-state index in [1.54, 1.807) is 35.2 Å². The van der Waals surface area contributed by atoms with Crippen LogP contribution in [0.2, 0.25) is 0 Å². The van der Waals surface area contributed by atoms with Gasteiger partial charge in [-0.2, -0.15) is 0 Å². The lowest BCUT2D eigenvalue weighted by atomic mass is 9.99. The predicted molar refractivity (Wildman–Crippen MR) is 78.5 cm³/mol. The zero-order chi connectivity index (χ0) is 14.1. The highest BCUT2D eigenvalue weighted by Gasteiger charge is 2.22. The van der Waals surface area contributed by atoms with Gasteiger partial charge in [-0.05, 0) is 57.7 Å². The van der Waals surface area contributed by atoms with Crippen LogP contribution in [0.15, 0.2) is 41.0 Å². The summed E-state index contributed by atoms with van der Waals surface area (Å²) in [4.78, 5) is 18.4. The molecule has 1 aromatic carbocycles. The summed E-state index contributed by atoms with van der Waals surface area (Å²) in [7, 11) is 0. The lowest BCUT2D eigenvalue weighted by Crippen LogP contribution is -2.36. The topological polar surface area (TPSA) is 53.4 Å². The Bertz CT molecular complexity index is 673. The third-order valence-corrected chi connectivity index (χ3v) is 3.87. The monoisotopic (exact) mass is 332 g/mol. The van der Waals surface area contributed by atoms with Crippen molar-refractivity contribution in [2.75, 3.05) is 6.54 Å². The van der Waals surface area contributed by atoms with E-state index in [0.717, 1.165) is 12.0 Å². The van der Waals surface area contributed by atoms with Crippen LogP contribution in [0, 0.1) is 0 Å². The van der Waals surface area contributed by atoms with Gasteiger partial charge >= 0.3 is 0 Å². The van der Waals surface area contributed by atoms with Gasteiger partial charge in [0.25, 0.3) is 5.91 Å². The molecule has 1 aliphatic heterocycles. The zero-order valence-electron chi connectivity index (χ0n) is 10.7. The molecule has 0 radical (unpaired) electrons. The molecule has 0 spiro atoms. The van der Waals surface area contributed by atoms with E-state index in [-0.39, 0.29) is 11.7 Å². The molecule has 0 saturated heterocycles. The second-order valence-electron chi connectivity index (χ2n) is 4.78. The molecule has 1 N–H and O–H groups in total. The van der Waals surface area contributed by atoms with E-state index in [9.17, 15) is 9.90 Å². The molecule has 1 aliphatic rings. The molecule has 1 aromatic heterocycles. The number of amides is 1. The van der Waals surface area contributed by atoms with E-state index >= 15 is 0 Å². The van der Waals surface area contributed by atoms with Crippen molar-refractivity contribution in [3.05, 3.63) is 57.8 Å². The Morgan fingerprint density at radius 2 is 2.10 bits per heavy atom. The maximum atomic E-state index is 12.4. The molecule has 0 saturated carbocycles. The SMILES string of the molecule is O=C(c1cccc(Br)n1)N1CCc2ccc(O)cc2C1. The number of carbonyl (C=O) groups is 1. The first kappa shape index (κ1) is 13.1. The molecule has 0 bridgehead atoms. The smallest absolute Gasteiger partial charge is 0.272 e. The van der Waals surface area contributed by atoms with Crippen molar-refractivity contribution in [1.82, 2.24) is 9.88 Å². The van der Waals surface area contributed by atoms with E-state index in [0.29, 0.717) is 23.4 Å². The van der Waals surface area contributed by atoms with Crippen molar-refractivity contribution >= 4 is 21.8 Å². The molecule has 102 valence electrons. The van der Waals surface area contributed by atoms with Crippen LogP contribution in [0.4, 0.5) is 0 Å². The molecule has 2 aromatic rings. The summed E-state index contributed by atoms with van der Waals surface area (Å²) in [6, 6.07) is 10.6. The van der Waals surface area contributed by atoms with Gasteiger partial charge in [-0.3, -0.25) is 4.79 Å². The highest BCUT2D eigenvalue weighted by Crippen LogP contribution is 2.24. The van der Waals surface area contributed by atoms with Gasteiger partial charge in [-0.1, -0.05) is 12.1 Å². The summed E-state index contributed by atoms with van der Waals surface area (Å²) < 4.78 is 0.651. The Balaban J connectivity index is 1.84. The number of rotatable bonds is 1. The van der Waals surface area contributed by atoms with Gasteiger partial charge in [-0.15, -0.1) is 0 Å². The van der Waals surface area contributed by atoms with E-state index < -0.39 is 0 Å². The normalized spacial score (nSPS) is 13.9. The molecular formula is C15H13BrN2O2. The van der Waals surface area contributed by atoms with Gasteiger partial charge < -0.3 is 10.0 Å². The Hall–Kier alpha value is -1.88. The van der Waals surface area contributed by atoms with Crippen molar-refractivity contribution in [2.45, 2.75) is 13.0 Å². The number of aromatic nitrogens is 1. The maximum absolute atomic E-state index is 12.4. The van der Waals surface area contributed by atoms with Crippen LogP contribution in [0.1, 0.15) is 21.6 Å². The number of pyridine rings is 1. The van der Waals surface area contributed by atoms with Crippen molar-refractivity contribution in [2.24, 2.45) is 0 Å². The van der Waals surface area contributed by atoms with Gasteiger partial charge in [0.05, 0.1) is 0 Å². The summed E-state index contributed by atoms with van der Waals surface area (Å²) in [5.74, 6) is 0.152. The second kappa shape index (κ2) is 5.25. The van der Waals surface area contributed by atoms with Crippen LogP contribution < -0.4 is 0 Å². The number of hydrogen-bond donors (Lipinski definition) is 1. The molecule has 0 aliphatic carbocycles. The van der Waals surface area contributed by atoms with Crippen LogP contribution in [0.25, 0.3) is 0 Å². The molecule has 5 heteroatoms. The highest BCUT2D eigenvalue weighted by atomic mass is 79.9. The lowest BCUT2D eigenvalue weighted by molar-refractivity contribution is 0.0728. The van der Waals surface area contributed by atoms with Gasteiger partial charge in [0, 0.05) is 13.1 Å². The predicted octanol–water partition coefficient (Wildman–Crippen LogP) is 2.75. The first-order valence-corrected chi connectivity index (χ1v) is 7.15. The van der Waals surface area contributed by atoms with Crippen LogP contribution in [0.5, 0.6) is 5.75 Å². The molecule has 1 amide bonds. The van der Waals surface area contributed by atoms with E-state index in [1.165, 1.54) is 5.56 Å². The van der Waals surface area contributed by atoms with Crippen molar-refractivity contribution in [3.8, 4) is 5.75 Å². The maximum Gasteiger partial charge on any atom is 0.272 e. The summed E-state index contributed by atoms with van der Waals surface area (Å²) in [5.41, 5.74) is 2.62. The molecular weight excluding hydrogens is 320 g/mol. The number of halogens is 1. The molecule has 4 nitrogen and oxygen atoms in total. The fraction of sp³-hybridized carbons (Fsp3) is 0.200. The Morgan fingerprint density at radius 3 is 2.90 bits per heavy atom. The van der Waals surface area contributed by atoms with Crippen LogP contribution in [0.3, 0.4) is 0 Å². The number of carbonyl (C=O) groups excluding carboxylic acids is 1. The quantitative estimate of drug-likeness (QED) is 0.817. The van der Waals surface area contributed by atoms with E-state index in [4.69, 9.17) is 0 Å². The zero-order valence-corrected chi connectivity index (χ0v) is 12.3. The van der Waals surface area contributed by atoms with Crippen molar-refractivity contribution in [3.63, 3.8) is 0 Å². The second-order valence-corrected chi connectivity index (χ2v) is 5.59. The Labute approximate surface area is 125 Å². The molecule has 0 unspecified atom stereocenters. The average molecular weight is 333 g/mol. The Kier molecular flexibility index (Phi) is 3.44. The minimum absolute atomic E-state index is 0.0831. The number of fused-ring (bicyclic) bond motifs is 1. The van der Waals surface area contributed by atoms with Crippen molar-refractivity contribution in [1.29, 1.82) is 0 Å². The van der Waals surface area contributed by atoms with Gasteiger partial charge in [0.2, 0.25) is 0 Å². The molecule has 20 heavy (non-hydrogen) atoms. The molecule has 2 heterocycles. The van der Waals surface area contributed by atoms with E-state index in [1.807, 2.05) is 6.07 Å². The number of phenolic OH excluding ortho intramolecular Hbond substituents is 1. The van der Waals surface area contributed by atoms with Gasteiger partial charge in [0.1, 0.15) is 16.0 Å². The Morgan fingerprint density at radius 1 is 1.25 bits per heavy atom. The number of benzene rings is 1. The molecule has 0 atom stereocenters. The summed E-state index contributed by atoms with van der Waals surface area (Å²) in [6.45, 7) is 1.18. The minimum Gasteiger partial charge on any atom is -0.508 e. The summed E-state index contributed by atoms with van der Waals surface area (Å²) in [5, 5.41) is 9.54. The molecule has 0 fully saturated rings. The third kappa shape index (κ3) is 2.54. The fourth-order valence-corrected chi connectivity index (χ4v) is 2.75. The third-order valence-electron chi connectivity index (χ3n) is 3.42. The first-order chi connectivity index (χ1) is 9.63. The number of nitrogens with zero attached hydrogens (tertiary/aromatic N) is 2. The summed E-state index contributed by atoms with van der Waals surface area (Å²) >= 11 is 3.27. The highest BCUT2D eigenvalue weighted by molar-refractivity contribution is 9.10. The van der Waals surface area contributed by atoms with Crippen LogP contribution >= 0.6 is 15.9 Å². The minimum atomic E-state index is -0.0831. The standard InChI is InChI=1S/C15H13BrN2O2/c16-14-3-1-2-13(17-14)15(20)18-7-6-10-4-5-12(19)8-11(10)9-18/h1-5,8,19H,6-7,9H2. The summed E-state index contributed by atoms with van der Waals surface area (Å²) in [6.07, 6.45) is 0.801. The van der Waals surface area contributed by atoms with Crippen molar-refractivity contribution < 1.29 is 9.90 Å². The largest absolute Gasteiger partial charge is 0.508 e. The first-order valence-electron chi connectivity index (χ1n) is 6.36. The average Bonchev–Trinajstić information content (AvgIpc) is 2.45. The van der Waals surface area contributed by atoms with Crippen LogP contribution in [-0.4, -0.2) is 27.4 Å². The number of hydrogen-bond acceptors (Lipinski definition) is 3. The number of aromatic hydroxyl groups is 1. The van der Waals surface area contributed by atoms with Crippen LogP contribution in [-0.2, 0) is 13.0 Å². The fourth-order valence-electron chi connectivity index (χ4n) is 2.41. The van der Waals surface area contributed by atoms with E-state index in [2.05, 4.69) is 20.9 Å². The number of phenols is 1. The lowest BCUT2D eigenvalue weighted by Gasteiger charge is -2.28. The van der Waals surface area contributed by atoms with Gasteiger partial charge in [-0.25, -0.2) is 4.98 Å². The van der Waals surface area contributed by atoms with Gasteiger partial charge in [0.15, 0.2) is 0 Å². The molecule has 3 rings (SSSR count).